The van der Waals surface area contributed by atoms with Crippen molar-refractivity contribution in [2.45, 2.75) is 25.5 Å². The van der Waals surface area contributed by atoms with Crippen molar-refractivity contribution in [1.82, 2.24) is 0 Å². The predicted molar refractivity (Wildman–Crippen MR) is 66.7 cm³/mol. The third-order valence-corrected chi connectivity index (χ3v) is 3.47. The average Bonchev–Trinajstić information content (AvgIpc) is 2.23. The molecule has 0 fully saturated rings. The lowest BCUT2D eigenvalue weighted by Crippen LogP contribution is -2.25. The zero-order valence-corrected chi connectivity index (χ0v) is 11.4. The summed E-state index contributed by atoms with van der Waals surface area (Å²) in [4.78, 5) is 0. The first-order chi connectivity index (χ1) is 6.97. The van der Waals surface area contributed by atoms with E-state index in [0.717, 1.165) is 5.56 Å². The van der Waals surface area contributed by atoms with Gasteiger partial charge < -0.3 is 15.9 Å². The minimum Gasteiger partial charge on any atom is -0.506 e. The van der Waals surface area contributed by atoms with Gasteiger partial charge in [0.25, 0.3) is 0 Å². The normalized spacial score (nSPS) is 15.0. The first-order valence-corrected chi connectivity index (χ1v) is 6.17. The first kappa shape index (κ1) is 13.0. The van der Waals surface area contributed by atoms with Crippen LogP contribution in [-0.4, -0.2) is 16.3 Å². The number of hydrogen-bond acceptors (Lipinski definition) is 3. The molecule has 1 aromatic carbocycles. The van der Waals surface area contributed by atoms with Gasteiger partial charge in [0.1, 0.15) is 5.75 Å². The SMILES string of the molecule is CC[C@H](O)[C@H](N)c1cc(Br)c(O)c(Br)c1. The highest BCUT2D eigenvalue weighted by atomic mass is 79.9. The number of halogens is 2. The molecule has 0 heterocycles. The summed E-state index contributed by atoms with van der Waals surface area (Å²) in [5.41, 5.74) is 6.64. The van der Waals surface area contributed by atoms with Crippen molar-refractivity contribution in [3.63, 3.8) is 0 Å². The molecule has 1 aromatic rings. The fourth-order valence-electron chi connectivity index (χ4n) is 1.25. The van der Waals surface area contributed by atoms with Crippen LogP contribution in [0, 0.1) is 0 Å². The molecule has 0 saturated heterocycles. The maximum absolute atomic E-state index is 9.61. The summed E-state index contributed by atoms with van der Waals surface area (Å²) in [5, 5.41) is 19.1. The second-order valence-corrected chi connectivity index (χ2v) is 5.04. The van der Waals surface area contributed by atoms with Crippen LogP contribution in [0.2, 0.25) is 0 Å². The molecule has 0 aliphatic rings. The van der Waals surface area contributed by atoms with Crippen LogP contribution in [0.15, 0.2) is 21.1 Å². The monoisotopic (exact) mass is 337 g/mol. The molecular formula is C10H13Br2NO2. The van der Waals surface area contributed by atoms with Crippen LogP contribution < -0.4 is 5.73 Å². The van der Waals surface area contributed by atoms with E-state index in [2.05, 4.69) is 31.9 Å². The van der Waals surface area contributed by atoms with Gasteiger partial charge in [-0.05, 0) is 56.0 Å². The third kappa shape index (κ3) is 2.93. The van der Waals surface area contributed by atoms with Crippen LogP contribution in [0.3, 0.4) is 0 Å². The molecule has 2 atom stereocenters. The van der Waals surface area contributed by atoms with E-state index in [0.29, 0.717) is 15.4 Å². The summed E-state index contributed by atoms with van der Waals surface area (Å²) >= 11 is 6.44. The molecule has 0 radical (unpaired) electrons. The third-order valence-electron chi connectivity index (χ3n) is 2.26. The molecule has 0 aliphatic carbocycles. The number of phenols is 1. The Bertz CT molecular complexity index is 334. The maximum Gasteiger partial charge on any atom is 0.143 e. The molecule has 0 saturated carbocycles. The number of phenolic OH excluding ortho intramolecular Hbond substituents is 1. The number of hydrogen-bond donors (Lipinski definition) is 3. The fourth-order valence-corrected chi connectivity index (χ4v) is 2.48. The van der Waals surface area contributed by atoms with Gasteiger partial charge in [0.2, 0.25) is 0 Å². The zero-order chi connectivity index (χ0) is 11.6. The van der Waals surface area contributed by atoms with Gasteiger partial charge in [-0.3, -0.25) is 0 Å². The lowest BCUT2D eigenvalue weighted by atomic mass is 10.0. The molecule has 15 heavy (non-hydrogen) atoms. The number of aromatic hydroxyl groups is 1. The molecule has 1 rings (SSSR count). The van der Waals surface area contributed by atoms with E-state index in [9.17, 15) is 10.2 Å². The van der Waals surface area contributed by atoms with Gasteiger partial charge in [-0.15, -0.1) is 0 Å². The summed E-state index contributed by atoms with van der Waals surface area (Å²) in [7, 11) is 0. The molecule has 84 valence electrons. The van der Waals surface area contributed by atoms with Crippen molar-refractivity contribution >= 4 is 31.9 Å². The highest BCUT2D eigenvalue weighted by Crippen LogP contribution is 2.35. The molecule has 3 nitrogen and oxygen atoms in total. The predicted octanol–water partition coefficient (Wildman–Crippen LogP) is 2.69. The summed E-state index contributed by atoms with van der Waals surface area (Å²) in [6, 6.07) is 2.98. The number of aliphatic hydroxyl groups is 1. The molecule has 0 spiro atoms. The Kier molecular flexibility index (Phi) is 4.58. The fraction of sp³-hybridized carbons (Fsp3) is 0.400. The number of benzene rings is 1. The van der Waals surface area contributed by atoms with Crippen LogP contribution in [0.5, 0.6) is 5.75 Å². The van der Waals surface area contributed by atoms with E-state index in [1.165, 1.54) is 0 Å². The summed E-state index contributed by atoms with van der Waals surface area (Å²) in [6.07, 6.45) is 0.0189. The summed E-state index contributed by atoms with van der Waals surface area (Å²) in [6.45, 7) is 1.87. The van der Waals surface area contributed by atoms with Gasteiger partial charge >= 0.3 is 0 Å². The van der Waals surface area contributed by atoms with Crippen molar-refractivity contribution < 1.29 is 10.2 Å². The topological polar surface area (TPSA) is 66.5 Å². The van der Waals surface area contributed by atoms with Gasteiger partial charge in [-0.25, -0.2) is 0 Å². The van der Waals surface area contributed by atoms with Crippen molar-refractivity contribution in [3.8, 4) is 5.75 Å². The van der Waals surface area contributed by atoms with Crippen LogP contribution >= 0.6 is 31.9 Å². The molecule has 0 bridgehead atoms. The summed E-state index contributed by atoms with van der Waals surface area (Å²) < 4.78 is 1.12. The van der Waals surface area contributed by atoms with Crippen LogP contribution in [-0.2, 0) is 0 Å². The van der Waals surface area contributed by atoms with E-state index >= 15 is 0 Å². The van der Waals surface area contributed by atoms with E-state index < -0.39 is 12.1 Å². The van der Waals surface area contributed by atoms with Gasteiger partial charge in [0.15, 0.2) is 0 Å². The van der Waals surface area contributed by atoms with Crippen molar-refractivity contribution in [3.05, 3.63) is 26.6 Å². The van der Waals surface area contributed by atoms with E-state index in [4.69, 9.17) is 5.73 Å². The Morgan fingerprint density at radius 1 is 1.33 bits per heavy atom. The van der Waals surface area contributed by atoms with Crippen LogP contribution in [0.1, 0.15) is 24.9 Å². The Balaban J connectivity index is 3.06. The quantitative estimate of drug-likeness (QED) is 0.793. The lowest BCUT2D eigenvalue weighted by Gasteiger charge is -2.18. The second-order valence-electron chi connectivity index (χ2n) is 3.33. The molecule has 0 amide bonds. The van der Waals surface area contributed by atoms with E-state index in [1.807, 2.05) is 6.92 Å². The highest BCUT2D eigenvalue weighted by molar-refractivity contribution is 9.11. The Morgan fingerprint density at radius 3 is 2.20 bits per heavy atom. The lowest BCUT2D eigenvalue weighted by molar-refractivity contribution is 0.140. The first-order valence-electron chi connectivity index (χ1n) is 4.59. The largest absolute Gasteiger partial charge is 0.506 e. The van der Waals surface area contributed by atoms with Crippen molar-refractivity contribution in [2.24, 2.45) is 5.73 Å². The molecule has 0 aromatic heterocycles. The maximum atomic E-state index is 9.61. The van der Waals surface area contributed by atoms with Crippen LogP contribution in [0.4, 0.5) is 0 Å². The second kappa shape index (κ2) is 5.30. The van der Waals surface area contributed by atoms with E-state index in [-0.39, 0.29) is 5.75 Å². The molecule has 0 aliphatic heterocycles. The Labute approximate surface area is 106 Å². The summed E-state index contributed by atoms with van der Waals surface area (Å²) in [5.74, 6) is 0.136. The number of nitrogens with two attached hydrogens (primary N) is 1. The molecule has 4 N–H and O–H groups in total. The Hall–Kier alpha value is -0.100. The average molecular weight is 339 g/mol. The van der Waals surface area contributed by atoms with Gasteiger partial charge in [-0.2, -0.15) is 0 Å². The van der Waals surface area contributed by atoms with Crippen molar-refractivity contribution in [1.29, 1.82) is 0 Å². The number of aliphatic hydroxyl groups excluding tert-OH is 1. The molecule has 0 unspecified atom stereocenters. The zero-order valence-electron chi connectivity index (χ0n) is 8.24. The minimum atomic E-state index is -0.576. The van der Waals surface area contributed by atoms with Crippen LogP contribution in [0.25, 0.3) is 0 Å². The van der Waals surface area contributed by atoms with Gasteiger partial charge in [-0.1, -0.05) is 6.92 Å². The van der Waals surface area contributed by atoms with Crippen molar-refractivity contribution in [2.75, 3.05) is 0 Å². The smallest absolute Gasteiger partial charge is 0.143 e. The standard InChI is InChI=1S/C10H13Br2NO2/c1-2-8(14)9(13)5-3-6(11)10(15)7(12)4-5/h3-4,8-9,14-15H,2,13H2,1H3/t8-,9+/m0/s1. The molecule has 5 heteroatoms. The number of rotatable bonds is 3. The highest BCUT2D eigenvalue weighted by Gasteiger charge is 2.17. The minimum absolute atomic E-state index is 0.136. The van der Waals surface area contributed by atoms with Gasteiger partial charge in [0.05, 0.1) is 21.1 Å². The Morgan fingerprint density at radius 2 is 1.80 bits per heavy atom. The van der Waals surface area contributed by atoms with Gasteiger partial charge in [0, 0.05) is 0 Å². The molecular weight excluding hydrogens is 326 g/mol. The van der Waals surface area contributed by atoms with E-state index in [1.54, 1.807) is 12.1 Å².